The molecule has 0 spiro atoms. The number of rotatable bonds is 10. The molecule has 0 aliphatic carbocycles. The Labute approximate surface area is 217 Å². The van der Waals surface area contributed by atoms with Crippen molar-refractivity contribution in [2.24, 2.45) is 0 Å². The van der Waals surface area contributed by atoms with Crippen molar-refractivity contribution in [1.29, 1.82) is 0 Å². The van der Waals surface area contributed by atoms with Gasteiger partial charge in [0.2, 0.25) is 10.0 Å². The zero-order chi connectivity index (χ0) is 26.6. The van der Waals surface area contributed by atoms with Crippen LogP contribution < -0.4 is 14.8 Å². The van der Waals surface area contributed by atoms with Crippen LogP contribution in [0, 0.1) is 11.6 Å². The molecule has 4 rings (SSSR count). The van der Waals surface area contributed by atoms with Gasteiger partial charge in [0.1, 0.15) is 41.9 Å². The van der Waals surface area contributed by atoms with Crippen molar-refractivity contribution in [3.63, 3.8) is 0 Å². The Bertz CT molecular complexity index is 1120. The van der Waals surface area contributed by atoms with Crippen LogP contribution in [0.2, 0.25) is 0 Å². The third-order valence-electron chi connectivity index (χ3n) is 6.71. The van der Waals surface area contributed by atoms with E-state index in [0.717, 1.165) is 42.4 Å². The smallest absolute Gasteiger partial charge is 0.211 e. The van der Waals surface area contributed by atoms with E-state index in [-0.39, 0.29) is 17.8 Å². The van der Waals surface area contributed by atoms with Crippen molar-refractivity contribution >= 4 is 10.0 Å². The second-order valence-corrected chi connectivity index (χ2v) is 12.0. The van der Waals surface area contributed by atoms with E-state index in [0.29, 0.717) is 39.3 Å². The number of likely N-dealkylation sites (tertiary alicyclic amines) is 1. The Balaban J connectivity index is 1.19. The van der Waals surface area contributed by atoms with Gasteiger partial charge in [-0.15, -0.1) is 0 Å². The molecule has 3 atom stereocenters. The highest BCUT2D eigenvalue weighted by Gasteiger charge is 2.33. The van der Waals surface area contributed by atoms with Crippen LogP contribution in [0.1, 0.15) is 25.3 Å². The van der Waals surface area contributed by atoms with Crippen molar-refractivity contribution in [1.82, 2.24) is 14.5 Å². The minimum absolute atomic E-state index is 0.0629. The number of nitrogens with one attached hydrogen (secondary N) is 1. The molecule has 0 radical (unpaired) electrons. The standard InChI is InChI=1S/C26H35F2N3O5S/c1-18(29-22-7-9-31(10-8-22)37(2,33)34)17-35-23-5-3-19(4-6-23)14-30-15-25(32)26(16-30)36-24-12-20(27)11-21(28)13-24/h3-6,11-13,18,22,25-26,29,32H,7-10,14-17H2,1-2H3/t18-,25-,26-/m0/s1. The molecule has 11 heteroatoms. The lowest BCUT2D eigenvalue weighted by Crippen LogP contribution is -2.48. The summed E-state index contributed by atoms with van der Waals surface area (Å²) in [5.41, 5.74) is 1.04. The summed E-state index contributed by atoms with van der Waals surface area (Å²) in [7, 11) is -3.12. The van der Waals surface area contributed by atoms with Crippen molar-refractivity contribution in [2.45, 2.75) is 50.6 Å². The van der Waals surface area contributed by atoms with E-state index in [1.165, 1.54) is 10.6 Å². The van der Waals surface area contributed by atoms with Crippen LogP contribution in [-0.4, -0.2) is 86.1 Å². The number of ether oxygens (including phenoxy) is 2. The summed E-state index contributed by atoms with van der Waals surface area (Å²) in [5.74, 6) is -0.628. The number of aliphatic hydroxyl groups is 1. The van der Waals surface area contributed by atoms with Gasteiger partial charge in [0, 0.05) is 63.0 Å². The summed E-state index contributed by atoms with van der Waals surface area (Å²) in [6.07, 6.45) is 1.48. The molecule has 0 unspecified atom stereocenters. The van der Waals surface area contributed by atoms with E-state index < -0.39 is 33.9 Å². The lowest BCUT2D eigenvalue weighted by molar-refractivity contribution is 0.0732. The molecule has 204 valence electrons. The van der Waals surface area contributed by atoms with Crippen LogP contribution in [-0.2, 0) is 16.6 Å². The molecule has 2 aromatic carbocycles. The van der Waals surface area contributed by atoms with Gasteiger partial charge >= 0.3 is 0 Å². The quantitative estimate of drug-likeness (QED) is 0.479. The van der Waals surface area contributed by atoms with Crippen LogP contribution >= 0.6 is 0 Å². The first kappa shape index (κ1) is 27.7. The molecular weight excluding hydrogens is 504 g/mol. The molecule has 2 saturated heterocycles. The van der Waals surface area contributed by atoms with Gasteiger partial charge in [-0.3, -0.25) is 4.90 Å². The molecular formula is C26H35F2N3O5S. The Kier molecular flexibility index (Phi) is 9.02. The predicted octanol–water partition coefficient (Wildman–Crippen LogP) is 2.37. The molecule has 2 heterocycles. The highest BCUT2D eigenvalue weighted by atomic mass is 32.2. The number of nitrogens with zero attached hydrogens (tertiary/aromatic N) is 2. The summed E-state index contributed by atoms with van der Waals surface area (Å²) in [6.45, 7) is 5.04. The SMILES string of the molecule is C[C@@H](COc1ccc(CN2C[C@H](Oc3cc(F)cc(F)c3)[C@@H](O)C2)cc1)NC1CCN(S(C)(=O)=O)CC1. The number of hydrogen-bond donors (Lipinski definition) is 2. The van der Waals surface area contributed by atoms with E-state index in [4.69, 9.17) is 9.47 Å². The second kappa shape index (κ2) is 12.0. The maximum Gasteiger partial charge on any atom is 0.211 e. The average molecular weight is 540 g/mol. The molecule has 2 aromatic rings. The van der Waals surface area contributed by atoms with Gasteiger partial charge in [-0.25, -0.2) is 21.5 Å². The van der Waals surface area contributed by atoms with Gasteiger partial charge in [-0.2, -0.15) is 0 Å². The van der Waals surface area contributed by atoms with Gasteiger partial charge in [0.05, 0.1) is 6.26 Å². The van der Waals surface area contributed by atoms with Gasteiger partial charge < -0.3 is 19.9 Å². The number of sulfonamides is 1. The minimum Gasteiger partial charge on any atom is -0.492 e. The Morgan fingerprint density at radius 2 is 1.70 bits per heavy atom. The number of piperidine rings is 1. The zero-order valence-electron chi connectivity index (χ0n) is 21.1. The van der Waals surface area contributed by atoms with Crippen LogP contribution in [0.15, 0.2) is 42.5 Å². The largest absolute Gasteiger partial charge is 0.492 e. The van der Waals surface area contributed by atoms with Gasteiger partial charge in [-0.1, -0.05) is 12.1 Å². The lowest BCUT2D eigenvalue weighted by atomic mass is 10.1. The summed E-state index contributed by atoms with van der Waals surface area (Å²) >= 11 is 0. The zero-order valence-corrected chi connectivity index (χ0v) is 22.0. The molecule has 8 nitrogen and oxygen atoms in total. The Hall–Kier alpha value is -2.31. The number of halogens is 2. The van der Waals surface area contributed by atoms with Crippen molar-refractivity contribution in [3.05, 3.63) is 59.7 Å². The third kappa shape index (κ3) is 8.08. The minimum atomic E-state index is -3.12. The summed E-state index contributed by atoms with van der Waals surface area (Å²) < 4.78 is 63.2. The van der Waals surface area contributed by atoms with Gasteiger partial charge in [-0.05, 0) is 37.5 Å². The molecule has 0 aromatic heterocycles. The van der Waals surface area contributed by atoms with Gasteiger partial charge in [0.15, 0.2) is 0 Å². The average Bonchev–Trinajstić information content (AvgIpc) is 3.16. The van der Waals surface area contributed by atoms with Crippen molar-refractivity contribution < 1.29 is 31.8 Å². The number of benzene rings is 2. The number of β-amino-alcohol motifs (C(OH)–C–C–N with tert-alkyl or cyclic N) is 1. The first-order valence-corrected chi connectivity index (χ1v) is 14.4. The molecule has 2 N–H and O–H groups in total. The van der Waals surface area contributed by atoms with Gasteiger partial charge in [0.25, 0.3) is 0 Å². The molecule has 37 heavy (non-hydrogen) atoms. The van der Waals surface area contributed by atoms with Crippen molar-refractivity contribution in [3.8, 4) is 11.5 Å². The number of aliphatic hydroxyl groups excluding tert-OH is 1. The van der Waals surface area contributed by atoms with E-state index >= 15 is 0 Å². The molecule has 0 amide bonds. The van der Waals surface area contributed by atoms with Crippen LogP contribution in [0.25, 0.3) is 0 Å². The van der Waals surface area contributed by atoms with E-state index in [2.05, 4.69) is 5.32 Å². The van der Waals surface area contributed by atoms with Crippen LogP contribution in [0.4, 0.5) is 8.78 Å². The maximum absolute atomic E-state index is 13.4. The van der Waals surface area contributed by atoms with Crippen molar-refractivity contribution in [2.75, 3.05) is 39.0 Å². The summed E-state index contributed by atoms with van der Waals surface area (Å²) in [5, 5.41) is 13.9. The molecule has 2 aliphatic heterocycles. The second-order valence-electron chi connectivity index (χ2n) is 9.98. The first-order valence-electron chi connectivity index (χ1n) is 12.5. The van der Waals surface area contributed by atoms with E-state index in [9.17, 15) is 22.3 Å². The summed E-state index contributed by atoms with van der Waals surface area (Å²) in [4.78, 5) is 2.03. The predicted molar refractivity (Wildman–Crippen MR) is 136 cm³/mol. The molecule has 0 bridgehead atoms. The fraction of sp³-hybridized carbons (Fsp3) is 0.538. The van der Waals surface area contributed by atoms with E-state index in [1.54, 1.807) is 0 Å². The third-order valence-corrected chi connectivity index (χ3v) is 8.01. The monoisotopic (exact) mass is 539 g/mol. The van der Waals surface area contributed by atoms with Crippen LogP contribution in [0.3, 0.4) is 0 Å². The normalized spacial score (nSPS) is 22.7. The molecule has 2 aliphatic rings. The fourth-order valence-corrected chi connectivity index (χ4v) is 5.70. The highest BCUT2D eigenvalue weighted by molar-refractivity contribution is 7.88. The molecule has 0 saturated carbocycles. The van der Waals surface area contributed by atoms with E-state index in [1.807, 2.05) is 36.1 Å². The lowest BCUT2D eigenvalue weighted by Gasteiger charge is -2.32. The van der Waals surface area contributed by atoms with Crippen LogP contribution in [0.5, 0.6) is 11.5 Å². The Morgan fingerprint density at radius 3 is 2.32 bits per heavy atom. The topological polar surface area (TPSA) is 91.3 Å². The number of hydrogen-bond acceptors (Lipinski definition) is 7. The fourth-order valence-electron chi connectivity index (χ4n) is 4.82. The molecule has 2 fully saturated rings. The Morgan fingerprint density at radius 1 is 1.05 bits per heavy atom. The first-order chi connectivity index (χ1) is 17.5. The summed E-state index contributed by atoms with van der Waals surface area (Å²) in [6, 6.07) is 11.1. The maximum atomic E-state index is 13.4. The highest BCUT2D eigenvalue weighted by Crippen LogP contribution is 2.23.